The molecule has 0 spiro atoms. The predicted molar refractivity (Wildman–Crippen MR) is 168 cm³/mol. The lowest BCUT2D eigenvalue weighted by Gasteiger charge is -2.26. The van der Waals surface area contributed by atoms with Gasteiger partial charge >= 0.3 is 0 Å². The SMILES string of the molecule is NC(C(=O)N(O)c1cccc(-c2ccc(C3=Cc4ccc5c(c4CC3)CCc3ccccc3-5)s2)c1)c1ccccc1. The van der Waals surface area contributed by atoms with E-state index < -0.39 is 11.9 Å². The Morgan fingerprint density at radius 1 is 0.756 bits per heavy atom. The van der Waals surface area contributed by atoms with Gasteiger partial charge in [-0.15, -0.1) is 11.3 Å². The van der Waals surface area contributed by atoms with Crippen LogP contribution in [-0.4, -0.2) is 11.1 Å². The summed E-state index contributed by atoms with van der Waals surface area (Å²) >= 11 is 1.74. The molecule has 7 rings (SSSR count). The second-order valence-corrected chi connectivity index (χ2v) is 11.8. The largest absolute Gasteiger partial charge is 0.316 e. The topological polar surface area (TPSA) is 66.6 Å². The quantitative estimate of drug-likeness (QED) is 0.170. The number of rotatable bonds is 5. The second-order valence-electron chi connectivity index (χ2n) is 10.7. The van der Waals surface area contributed by atoms with Gasteiger partial charge in [-0.3, -0.25) is 10.0 Å². The van der Waals surface area contributed by atoms with Crippen LogP contribution in [0.25, 0.3) is 33.2 Å². The van der Waals surface area contributed by atoms with Crippen molar-refractivity contribution >= 4 is 34.6 Å². The molecule has 41 heavy (non-hydrogen) atoms. The molecule has 0 saturated carbocycles. The number of hydrogen-bond donors (Lipinski definition) is 2. The monoisotopic (exact) mass is 554 g/mol. The number of fused-ring (bicyclic) bond motifs is 5. The van der Waals surface area contributed by atoms with Gasteiger partial charge in [0.05, 0.1) is 5.69 Å². The number of carbonyl (C=O) groups excluding carboxylic acids is 1. The van der Waals surface area contributed by atoms with Crippen LogP contribution >= 0.6 is 11.3 Å². The van der Waals surface area contributed by atoms with E-state index >= 15 is 0 Å². The minimum absolute atomic E-state index is 0.394. The molecule has 1 aromatic heterocycles. The van der Waals surface area contributed by atoms with Crippen molar-refractivity contribution in [3.8, 4) is 21.6 Å². The van der Waals surface area contributed by atoms with Crippen molar-refractivity contribution in [1.29, 1.82) is 0 Å². The van der Waals surface area contributed by atoms with Gasteiger partial charge in [-0.1, -0.05) is 84.9 Å². The Morgan fingerprint density at radius 3 is 2.41 bits per heavy atom. The van der Waals surface area contributed by atoms with E-state index in [1.807, 2.05) is 36.4 Å². The summed E-state index contributed by atoms with van der Waals surface area (Å²) in [6, 6.07) is 33.3. The van der Waals surface area contributed by atoms with Crippen molar-refractivity contribution in [2.75, 3.05) is 5.06 Å². The highest BCUT2D eigenvalue weighted by atomic mass is 32.1. The zero-order chi connectivity index (χ0) is 27.9. The van der Waals surface area contributed by atoms with Gasteiger partial charge in [-0.05, 0) is 100 Å². The first-order valence-corrected chi connectivity index (χ1v) is 14.9. The van der Waals surface area contributed by atoms with Gasteiger partial charge in [0, 0.05) is 9.75 Å². The fourth-order valence-corrected chi connectivity index (χ4v) is 7.22. The molecule has 0 saturated heterocycles. The molecule has 2 aliphatic rings. The second kappa shape index (κ2) is 10.6. The van der Waals surface area contributed by atoms with Crippen LogP contribution in [0.5, 0.6) is 0 Å². The highest BCUT2D eigenvalue weighted by molar-refractivity contribution is 7.16. The van der Waals surface area contributed by atoms with E-state index in [0.717, 1.165) is 36.1 Å². The summed E-state index contributed by atoms with van der Waals surface area (Å²) in [6.45, 7) is 0. The number of amides is 1. The summed E-state index contributed by atoms with van der Waals surface area (Å²) in [4.78, 5) is 15.2. The molecule has 5 heteroatoms. The van der Waals surface area contributed by atoms with Crippen LogP contribution < -0.4 is 10.8 Å². The van der Waals surface area contributed by atoms with Crippen molar-refractivity contribution in [2.45, 2.75) is 31.7 Å². The van der Waals surface area contributed by atoms with Crippen molar-refractivity contribution < 1.29 is 10.0 Å². The molecule has 4 nitrogen and oxygen atoms in total. The first-order valence-electron chi connectivity index (χ1n) is 14.0. The van der Waals surface area contributed by atoms with Crippen molar-refractivity contribution in [3.63, 3.8) is 0 Å². The maximum atomic E-state index is 12.9. The molecule has 5 aromatic rings. The van der Waals surface area contributed by atoms with Crippen LogP contribution in [0.3, 0.4) is 0 Å². The van der Waals surface area contributed by atoms with E-state index in [9.17, 15) is 10.0 Å². The summed E-state index contributed by atoms with van der Waals surface area (Å²) in [5.74, 6) is -0.572. The van der Waals surface area contributed by atoms with Gasteiger partial charge in [-0.2, -0.15) is 5.06 Å². The van der Waals surface area contributed by atoms with E-state index in [2.05, 4.69) is 54.6 Å². The molecule has 0 radical (unpaired) electrons. The Balaban J connectivity index is 1.13. The van der Waals surface area contributed by atoms with Crippen LogP contribution in [0.1, 0.15) is 45.2 Å². The molecule has 1 heterocycles. The number of hydrogen-bond acceptors (Lipinski definition) is 4. The van der Waals surface area contributed by atoms with E-state index in [1.165, 1.54) is 43.8 Å². The number of benzene rings is 4. The number of aryl methyl sites for hydroxylation is 1. The summed E-state index contributed by atoms with van der Waals surface area (Å²) in [5, 5.41) is 11.4. The molecule has 4 aromatic carbocycles. The number of nitrogens with zero attached hydrogens (tertiary/aromatic N) is 1. The van der Waals surface area contributed by atoms with E-state index in [1.54, 1.807) is 29.5 Å². The first-order chi connectivity index (χ1) is 20.1. The number of carbonyl (C=O) groups is 1. The molecular weight excluding hydrogens is 524 g/mol. The molecule has 1 amide bonds. The molecule has 1 unspecified atom stereocenters. The molecule has 0 aliphatic heterocycles. The zero-order valence-corrected chi connectivity index (χ0v) is 23.4. The Hall–Kier alpha value is -4.29. The molecule has 202 valence electrons. The smallest absolute Gasteiger partial charge is 0.272 e. The van der Waals surface area contributed by atoms with Crippen molar-refractivity contribution in [3.05, 3.63) is 136 Å². The Labute approximate surface area is 244 Å². The summed E-state index contributed by atoms with van der Waals surface area (Å²) in [7, 11) is 0. The lowest BCUT2D eigenvalue weighted by atomic mass is 9.78. The maximum Gasteiger partial charge on any atom is 0.272 e. The fraction of sp³-hybridized carbons (Fsp3) is 0.139. The molecule has 0 bridgehead atoms. The number of anilines is 1. The summed E-state index contributed by atoms with van der Waals surface area (Å²) < 4.78 is 0. The van der Waals surface area contributed by atoms with Crippen molar-refractivity contribution in [1.82, 2.24) is 0 Å². The van der Waals surface area contributed by atoms with Gasteiger partial charge in [0.15, 0.2) is 0 Å². The number of nitrogens with two attached hydrogens (primary N) is 1. The van der Waals surface area contributed by atoms with Gasteiger partial charge in [0.1, 0.15) is 6.04 Å². The Morgan fingerprint density at radius 2 is 1.54 bits per heavy atom. The highest BCUT2D eigenvalue weighted by Crippen LogP contribution is 2.42. The first kappa shape index (κ1) is 25.7. The van der Waals surface area contributed by atoms with E-state index in [4.69, 9.17) is 5.73 Å². The molecule has 0 fully saturated rings. The molecule has 1 atom stereocenters. The Kier molecular flexibility index (Phi) is 6.63. The van der Waals surface area contributed by atoms with Gasteiger partial charge in [-0.25, -0.2) is 0 Å². The third kappa shape index (κ3) is 4.72. The van der Waals surface area contributed by atoms with Crippen LogP contribution in [0.2, 0.25) is 0 Å². The lowest BCUT2D eigenvalue weighted by molar-refractivity contribution is -0.125. The van der Waals surface area contributed by atoms with Gasteiger partial charge in [0.25, 0.3) is 5.91 Å². The average Bonchev–Trinajstić information content (AvgIpc) is 3.54. The fourth-order valence-electron chi connectivity index (χ4n) is 6.17. The maximum absolute atomic E-state index is 12.9. The average molecular weight is 555 g/mol. The van der Waals surface area contributed by atoms with Crippen LogP contribution in [0.15, 0.2) is 103 Å². The normalized spacial score (nSPS) is 14.3. The van der Waals surface area contributed by atoms with E-state index in [-0.39, 0.29) is 0 Å². The van der Waals surface area contributed by atoms with Crippen LogP contribution in [0.4, 0.5) is 5.69 Å². The lowest BCUT2D eigenvalue weighted by Crippen LogP contribution is -2.36. The standard InChI is InChI=1S/C36H30N2O2S/c37-35(24-8-2-1-3-9-24)36(39)38(40)28-11-6-10-26(22-28)33-19-20-34(41-33)27-15-16-30-25(21-27)14-18-31-29-12-5-4-7-23(29)13-17-32(30)31/h1-12,14,18-22,35,40H,13,15-17,37H2. The summed E-state index contributed by atoms with van der Waals surface area (Å²) in [6.07, 6.45) is 6.65. The van der Waals surface area contributed by atoms with Gasteiger partial charge in [0.2, 0.25) is 0 Å². The van der Waals surface area contributed by atoms with Crippen LogP contribution in [0, 0.1) is 0 Å². The van der Waals surface area contributed by atoms with Crippen molar-refractivity contribution in [2.24, 2.45) is 5.73 Å². The number of hydroxylamine groups is 1. The van der Waals surface area contributed by atoms with Gasteiger partial charge < -0.3 is 5.73 Å². The minimum Gasteiger partial charge on any atom is -0.316 e. The number of allylic oxidation sites excluding steroid dienone is 1. The highest BCUT2D eigenvalue weighted by Gasteiger charge is 2.24. The zero-order valence-electron chi connectivity index (χ0n) is 22.6. The molecule has 2 aliphatic carbocycles. The third-order valence-electron chi connectivity index (χ3n) is 8.32. The predicted octanol–water partition coefficient (Wildman–Crippen LogP) is 8.09. The number of thiophene rings is 1. The van der Waals surface area contributed by atoms with E-state index in [0.29, 0.717) is 16.3 Å². The summed E-state index contributed by atoms with van der Waals surface area (Å²) in [5.41, 5.74) is 18.1. The Bertz CT molecular complexity index is 1800. The molecular formula is C36H30N2O2S. The molecule has 3 N–H and O–H groups in total. The van der Waals surface area contributed by atoms with Crippen LogP contribution in [-0.2, 0) is 24.1 Å². The third-order valence-corrected chi connectivity index (χ3v) is 9.53. The minimum atomic E-state index is -0.945.